The summed E-state index contributed by atoms with van der Waals surface area (Å²) >= 11 is 0. The minimum absolute atomic E-state index is 0.168. The number of hydrogen-bond acceptors (Lipinski definition) is 4. The van der Waals surface area contributed by atoms with Crippen molar-refractivity contribution in [2.24, 2.45) is 0 Å². The van der Waals surface area contributed by atoms with E-state index in [1.165, 1.54) is 7.11 Å². The average molecular weight is 237 g/mol. The Morgan fingerprint density at radius 2 is 2.00 bits per heavy atom. The van der Waals surface area contributed by atoms with Gasteiger partial charge in [-0.1, -0.05) is 12.1 Å². The first-order valence-electron chi connectivity index (χ1n) is 5.60. The molecule has 0 aliphatic heterocycles. The summed E-state index contributed by atoms with van der Waals surface area (Å²) in [6.07, 6.45) is 1.21. The first-order valence-corrected chi connectivity index (χ1v) is 5.60. The number of benzene rings is 1. The summed E-state index contributed by atoms with van der Waals surface area (Å²) in [6.45, 7) is 0.787. The second-order valence-corrected chi connectivity index (χ2v) is 3.77. The molecule has 0 aromatic heterocycles. The minimum Gasteiger partial charge on any atom is -0.495 e. The van der Waals surface area contributed by atoms with E-state index in [9.17, 15) is 4.79 Å². The van der Waals surface area contributed by atoms with Crippen molar-refractivity contribution in [3.05, 3.63) is 24.3 Å². The van der Waals surface area contributed by atoms with Gasteiger partial charge >= 0.3 is 5.97 Å². The Labute approximate surface area is 102 Å². The zero-order valence-corrected chi connectivity index (χ0v) is 10.6. The molecule has 4 heteroatoms. The molecule has 0 amide bonds. The van der Waals surface area contributed by atoms with Crippen molar-refractivity contribution in [1.82, 2.24) is 0 Å². The van der Waals surface area contributed by atoms with E-state index in [2.05, 4.69) is 9.64 Å². The lowest BCUT2D eigenvalue weighted by Gasteiger charge is -2.21. The molecular formula is C13H19NO3. The third-order valence-electron chi connectivity index (χ3n) is 2.60. The van der Waals surface area contributed by atoms with Crippen LogP contribution >= 0.6 is 0 Å². The molecular weight excluding hydrogens is 218 g/mol. The first kappa shape index (κ1) is 13.4. The van der Waals surface area contributed by atoms with Crippen LogP contribution in [0, 0.1) is 0 Å². The molecule has 1 aromatic carbocycles. The van der Waals surface area contributed by atoms with Crippen molar-refractivity contribution >= 4 is 11.7 Å². The molecule has 1 aromatic rings. The molecule has 0 saturated carbocycles. The fraction of sp³-hybridized carbons (Fsp3) is 0.462. The standard InChI is InChI=1S/C13H19NO3/c1-14(10-6-9-13(15)17-3)11-7-4-5-8-12(11)16-2/h4-5,7-8H,6,9-10H2,1-3H3. The molecule has 0 N–H and O–H groups in total. The maximum atomic E-state index is 11.0. The van der Waals surface area contributed by atoms with Crippen molar-refractivity contribution < 1.29 is 14.3 Å². The van der Waals surface area contributed by atoms with Gasteiger partial charge in [0.2, 0.25) is 0 Å². The second-order valence-electron chi connectivity index (χ2n) is 3.77. The quantitative estimate of drug-likeness (QED) is 0.710. The van der Waals surface area contributed by atoms with Crippen LogP contribution in [0.2, 0.25) is 0 Å². The highest BCUT2D eigenvalue weighted by atomic mass is 16.5. The summed E-state index contributed by atoms with van der Waals surface area (Å²) in [5.74, 6) is 0.673. The minimum atomic E-state index is -0.168. The number of esters is 1. The normalized spacial score (nSPS) is 9.82. The van der Waals surface area contributed by atoms with E-state index >= 15 is 0 Å². The summed E-state index contributed by atoms with van der Waals surface area (Å²) in [5, 5.41) is 0. The molecule has 0 spiro atoms. The molecule has 0 unspecified atom stereocenters. The van der Waals surface area contributed by atoms with Gasteiger partial charge in [-0.2, -0.15) is 0 Å². The van der Waals surface area contributed by atoms with Gasteiger partial charge in [0, 0.05) is 20.0 Å². The van der Waals surface area contributed by atoms with Crippen molar-refractivity contribution in [2.45, 2.75) is 12.8 Å². The maximum absolute atomic E-state index is 11.0. The van der Waals surface area contributed by atoms with Crippen molar-refractivity contribution in [1.29, 1.82) is 0 Å². The van der Waals surface area contributed by atoms with Crippen LogP contribution < -0.4 is 9.64 Å². The Kier molecular flexibility index (Phi) is 5.33. The number of ether oxygens (including phenoxy) is 2. The SMILES string of the molecule is COC(=O)CCCN(C)c1ccccc1OC. The van der Waals surface area contributed by atoms with E-state index in [1.54, 1.807) is 7.11 Å². The van der Waals surface area contributed by atoms with Crippen LogP contribution in [-0.4, -0.2) is 33.8 Å². The highest BCUT2D eigenvalue weighted by molar-refractivity contribution is 5.69. The van der Waals surface area contributed by atoms with Gasteiger partial charge in [-0.15, -0.1) is 0 Å². The predicted octanol–water partition coefficient (Wildman–Crippen LogP) is 2.08. The molecule has 17 heavy (non-hydrogen) atoms. The lowest BCUT2D eigenvalue weighted by molar-refractivity contribution is -0.140. The highest BCUT2D eigenvalue weighted by Gasteiger charge is 2.07. The lowest BCUT2D eigenvalue weighted by atomic mass is 10.2. The molecule has 0 bridgehead atoms. The predicted molar refractivity (Wildman–Crippen MR) is 67.5 cm³/mol. The third-order valence-corrected chi connectivity index (χ3v) is 2.60. The van der Waals surface area contributed by atoms with Gasteiger partial charge < -0.3 is 14.4 Å². The average Bonchev–Trinajstić information content (AvgIpc) is 2.38. The van der Waals surface area contributed by atoms with Gasteiger partial charge in [0.15, 0.2) is 0 Å². The van der Waals surface area contributed by atoms with Gasteiger partial charge in [0.1, 0.15) is 5.75 Å². The number of hydrogen-bond donors (Lipinski definition) is 0. The van der Waals surface area contributed by atoms with Gasteiger partial charge in [-0.3, -0.25) is 4.79 Å². The van der Waals surface area contributed by atoms with Gasteiger partial charge in [0.05, 0.1) is 19.9 Å². The summed E-state index contributed by atoms with van der Waals surface area (Å²) < 4.78 is 9.88. The van der Waals surface area contributed by atoms with Crippen LogP contribution in [0.3, 0.4) is 0 Å². The molecule has 94 valence electrons. The van der Waals surface area contributed by atoms with Gasteiger partial charge in [-0.05, 0) is 18.6 Å². The monoisotopic (exact) mass is 237 g/mol. The van der Waals surface area contributed by atoms with Crippen LogP contribution in [0.25, 0.3) is 0 Å². The van der Waals surface area contributed by atoms with Gasteiger partial charge in [-0.25, -0.2) is 0 Å². The van der Waals surface area contributed by atoms with Crippen LogP contribution in [0.1, 0.15) is 12.8 Å². The fourth-order valence-electron chi connectivity index (χ4n) is 1.63. The Balaban J connectivity index is 2.51. The van der Waals surface area contributed by atoms with E-state index in [0.717, 1.165) is 24.4 Å². The Bertz CT molecular complexity index is 365. The lowest BCUT2D eigenvalue weighted by Crippen LogP contribution is -2.20. The third kappa shape index (κ3) is 3.98. The van der Waals surface area contributed by atoms with Crippen molar-refractivity contribution in [3.63, 3.8) is 0 Å². The smallest absolute Gasteiger partial charge is 0.305 e. The van der Waals surface area contributed by atoms with Crippen molar-refractivity contribution in [2.75, 3.05) is 32.7 Å². The molecule has 0 fully saturated rings. The topological polar surface area (TPSA) is 38.8 Å². The highest BCUT2D eigenvalue weighted by Crippen LogP contribution is 2.26. The fourth-order valence-corrected chi connectivity index (χ4v) is 1.63. The van der Waals surface area contributed by atoms with E-state index in [0.29, 0.717) is 6.42 Å². The number of nitrogens with zero attached hydrogens (tertiary/aromatic N) is 1. The summed E-state index contributed by atoms with van der Waals surface area (Å²) in [4.78, 5) is 13.1. The zero-order chi connectivity index (χ0) is 12.7. The van der Waals surface area contributed by atoms with Crippen LogP contribution in [-0.2, 0) is 9.53 Å². The molecule has 0 radical (unpaired) electrons. The molecule has 4 nitrogen and oxygen atoms in total. The number of para-hydroxylation sites is 2. The molecule has 0 saturated heterocycles. The molecule has 0 aliphatic carbocycles. The summed E-state index contributed by atoms with van der Waals surface area (Å²) in [6, 6.07) is 7.82. The van der Waals surface area contributed by atoms with Gasteiger partial charge in [0.25, 0.3) is 0 Å². The Morgan fingerprint density at radius 1 is 1.29 bits per heavy atom. The molecule has 0 aliphatic rings. The largest absolute Gasteiger partial charge is 0.495 e. The van der Waals surface area contributed by atoms with Crippen LogP contribution in [0.15, 0.2) is 24.3 Å². The zero-order valence-electron chi connectivity index (χ0n) is 10.6. The molecule has 0 heterocycles. The summed E-state index contributed by atoms with van der Waals surface area (Å²) in [5.41, 5.74) is 1.03. The number of carbonyl (C=O) groups excluding carboxylic acids is 1. The number of rotatable bonds is 6. The number of anilines is 1. The Hall–Kier alpha value is -1.71. The molecule has 1 rings (SSSR count). The number of carbonyl (C=O) groups is 1. The van der Waals surface area contributed by atoms with E-state index in [4.69, 9.17) is 4.74 Å². The maximum Gasteiger partial charge on any atom is 0.305 e. The van der Waals surface area contributed by atoms with E-state index < -0.39 is 0 Å². The second kappa shape index (κ2) is 6.78. The summed E-state index contributed by atoms with van der Waals surface area (Å²) in [7, 11) is 5.04. The molecule has 0 atom stereocenters. The number of methoxy groups -OCH3 is 2. The van der Waals surface area contributed by atoms with Crippen LogP contribution in [0.4, 0.5) is 5.69 Å². The Morgan fingerprint density at radius 3 is 2.65 bits per heavy atom. The van der Waals surface area contributed by atoms with Crippen molar-refractivity contribution in [3.8, 4) is 5.75 Å². The van der Waals surface area contributed by atoms with Crippen LogP contribution in [0.5, 0.6) is 5.75 Å². The first-order chi connectivity index (χ1) is 8.19. The van der Waals surface area contributed by atoms with E-state index in [1.807, 2.05) is 31.3 Å². The van der Waals surface area contributed by atoms with E-state index in [-0.39, 0.29) is 5.97 Å².